The molecule has 2 aromatic rings. The Hall–Kier alpha value is -2.43. The first-order valence-corrected chi connectivity index (χ1v) is 5.01. The molecular formula is C12H9N3O2. The number of hydrogen-bond donors (Lipinski definition) is 0. The van der Waals surface area contributed by atoms with Crippen LogP contribution in [-0.2, 0) is 0 Å². The van der Waals surface area contributed by atoms with Crippen molar-refractivity contribution in [2.75, 3.05) is 0 Å². The molecule has 0 aliphatic heterocycles. The van der Waals surface area contributed by atoms with E-state index in [2.05, 4.69) is 15.0 Å². The van der Waals surface area contributed by atoms with Crippen molar-refractivity contribution in [2.24, 2.45) is 0 Å². The number of pyridine rings is 1. The molecule has 2 rings (SSSR count). The normalized spacial score (nSPS) is 9.88. The molecule has 0 aliphatic carbocycles. The van der Waals surface area contributed by atoms with Gasteiger partial charge in [-0.15, -0.1) is 0 Å². The first kappa shape index (κ1) is 11.1. The molecular weight excluding hydrogens is 218 g/mol. The number of rotatable bonds is 4. The monoisotopic (exact) mass is 227 g/mol. The van der Waals surface area contributed by atoms with Crippen molar-refractivity contribution < 1.29 is 9.59 Å². The highest BCUT2D eigenvalue weighted by atomic mass is 16.1. The van der Waals surface area contributed by atoms with E-state index in [0.29, 0.717) is 5.56 Å². The van der Waals surface area contributed by atoms with Gasteiger partial charge in [-0.05, 0) is 18.2 Å². The van der Waals surface area contributed by atoms with Crippen LogP contribution >= 0.6 is 0 Å². The van der Waals surface area contributed by atoms with Gasteiger partial charge in [-0.3, -0.25) is 14.6 Å². The Balaban J connectivity index is 2.08. The molecule has 5 heteroatoms. The second-order valence-electron chi connectivity index (χ2n) is 3.34. The van der Waals surface area contributed by atoms with Crippen LogP contribution in [0.4, 0.5) is 0 Å². The zero-order valence-corrected chi connectivity index (χ0v) is 8.91. The second-order valence-corrected chi connectivity index (χ2v) is 3.34. The lowest BCUT2D eigenvalue weighted by molar-refractivity contribution is 0.0888. The van der Waals surface area contributed by atoms with Crippen molar-refractivity contribution in [3.63, 3.8) is 0 Å². The molecule has 17 heavy (non-hydrogen) atoms. The van der Waals surface area contributed by atoms with Gasteiger partial charge in [0.15, 0.2) is 11.6 Å². The van der Waals surface area contributed by atoms with Gasteiger partial charge in [-0.1, -0.05) is 0 Å². The molecule has 0 spiro atoms. The number of nitrogens with zero attached hydrogens (tertiary/aromatic N) is 3. The van der Waals surface area contributed by atoms with Crippen LogP contribution in [0.3, 0.4) is 0 Å². The quantitative estimate of drug-likeness (QED) is 0.582. The zero-order valence-electron chi connectivity index (χ0n) is 8.91. The van der Waals surface area contributed by atoms with Gasteiger partial charge in [0, 0.05) is 30.4 Å². The van der Waals surface area contributed by atoms with Crippen LogP contribution < -0.4 is 0 Å². The molecule has 0 N–H and O–H groups in total. The third-order valence-electron chi connectivity index (χ3n) is 2.12. The van der Waals surface area contributed by atoms with Crippen molar-refractivity contribution in [1.82, 2.24) is 15.0 Å². The molecule has 0 saturated carbocycles. The maximum Gasteiger partial charge on any atom is 0.207 e. The van der Waals surface area contributed by atoms with Gasteiger partial charge in [0.2, 0.25) is 5.78 Å². The lowest BCUT2D eigenvalue weighted by atomic mass is 10.1. The molecule has 2 heterocycles. The second kappa shape index (κ2) is 5.07. The Morgan fingerprint density at radius 2 is 1.76 bits per heavy atom. The number of carbonyl (C=O) groups is 2. The third kappa shape index (κ3) is 2.78. The Kier molecular flexibility index (Phi) is 3.30. The summed E-state index contributed by atoms with van der Waals surface area (Å²) in [5.41, 5.74) is 0.414. The zero-order chi connectivity index (χ0) is 12.1. The maximum absolute atomic E-state index is 11.7. The highest BCUT2D eigenvalue weighted by molar-refractivity contribution is 6.12. The minimum Gasteiger partial charge on any atom is -0.294 e. The van der Waals surface area contributed by atoms with Gasteiger partial charge in [0.1, 0.15) is 0 Å². The molecule has 0 aliphatic rings. The summed E-state index contributed by atoms with van der Waals surface area (Å²) in [4.78, 5) is 34.8. The largest absolute Gasteiger partial charge is 0.294 e. The number of Topliss-reactive ketones (excluding diaryl/α,β-unsaturated/α-hetero) is 2. The van der Waals surface area contributed by atoms with Gasteiger partial charge < -0.3 is 0 Å². The standard InChI is InChI=1S/C12H9N3O2/c16-10(9-3-1-4-13-8-9)7-11(17)12-14-5-2-6-15-12/h1-6,8H,7H2. The molecule has 84 valence electrons. The molecule has 0 saturated heterocycles. The molecule has 0 aromatic carbocycles. The lowest BCUT2D eigenvalue weighted by Crippen LogP contribution is -2.11. The predicted molar refractivity (Wildman–Crippen MR) is 59.5 cm³/mol. The molecule has 0 atom stereocenters. The van der Waals surface area contributed by atoms with E-state index in [0.717, 1.165) is 0 Å². The first-order valence-electron chi connectivity index (χ1n) is 5.01. The first-order chi connectivity index (χ1) is 8.27. The minimum atomic E-state index is -0.389. The van der Waals surface area contributed by atoms with Crippen molar-refractivity contribution in [3.05, 3.63) is 54.4 Å². The van der Waals surface area contributed by atoms with E-state index >= 15 is 0 Å². The topological polar surface area (TPSA) is 72.8 Å². The average Bonchev–Trinajstić information content (AvgIpc) is 2.40. The Bertz CT molecular complexity index is 476. The van der Waals surface area contributed by atoms with Gasteiger partial charge in [-0.2, -0.15) is 0 Å². The lowest BCUT2D eigenvalue weighted by Gasteiger charge is -1.99. The summed E-state index contributed by atoms with van der Waals surface area (Å²) in [7, 11) is 0. The summed E-state index contributed by atoms with van der Waals surface area (Å²) in [6, 6.07) is 4.88. The Morgan fingerprint density at radius 1 is 1.00 bits per heavy atom. The fourth-order valence-corrected chi connectivity index (χ4v) is 1.30. The van der Waals surface area contributed by atoms with Crippen molar-refractivity contribution >= 4 is 11.6 Å². The van der Waals surface area contributed by atoms with E-state index < -0.39 is 0 Å². The van der Waals surface area contributed by atoms with Gasteiger partial charge >= 0.3 is 0 Å². The van der Waals surface area contributed by atoms with E-state index in [4.69, 9.17) is 0 Å². The van der Waals surface area contributed by atoms with Crippen LogP contribution in [0.25, 0.3) is 0 Å². The molecule has 0 bridgehead atoms. The average molecular weight is 227 g/mol. The predicted octanol–water partition coefficient (Wildman–Crippen LogP) is 1.33. The molecule has 2 aromatic heterocycles. The van der Waals surface area contributed by atoms with Crippen LogP contribution in [0, 0.1) is 0 Å². The molecule has 0 fully saturated rings. The van der Waals surface area contributed by atoms with E-state index in [1.807, 2.05) is 0 Å². The number of ketones is 2. The smallest absolute Gasteiger partial charge is 0.207 e. The summed E-state index contributed by atoms with van der Waals surface area (Å²) < 4.78 is 0. The van der Waals surface area contributed by atoms with Gasteiger partial charge in [-0.25, -0.2) is 9.97 Å². The van der Waals surface area contributed by atoms with E-state index in [1.54, 1.807) is 24.4 Å². The van der Waals surface area contributed by atoms with Crippen LogP contribution in [0.1, 0.15) is 27.4 Å². The summed E-state index contributed by atoms with van der Waals surface area (Å²) in [5, 5.41) is 0. The molecule has 0 unspecified atom stereocenters. The third-order valence-corrected chi connectivity index (χ3v) is 2.12. The number of hydrogen-bond acceptors (Lipinski definition) is 5. The van der Waals surface area contributed by atoms with Crippen molar-refractivity contribution in [1.29, 1.82) is 0 Å². The van der Waals surface area contributed by atoms with Crippen LogP contribution in [0.15, 0.2) is 43.0 Å². The fraction of sp³-hybridized carbons (Fsp3) is 0.0833. The molecule has 0 amide bonds. The minimum absolute atomic E-state index is 0.0599. The summed E-state index contributed by atoms with van der Waals surface area (Å²) >= 11 is 0. The summed E-state index contributed by atoms with van der Waals surface area (Å²) in [5.74, 6) is -0.611. The Morgan fingerprint density at radius 3 is 2.41 bits per heavy atom. The highest BCUT2D eigenvalue weighted by Crippen LogP contribution is 2.04. The summed E-state index contributed by atoms with van der Waals surface area (Å²) in [6.45, 7) is 0. The number of aromatic nitrogens is 3. The Labute approximate surface area is 97.6 Å². The van der Waals surface area contributed by atoms with E-state index in [9.17, 15) is 9.59 Å². The van der Waals surface area contributed by atoms with Gasteiger partial charge in [0.25, 0.3) is 0 Å². The van der Waals surface area contributed by atoms with E-state index in [-0.39, 0.29) is 23.8 Å². The fourth-order valence-electron chi connectivity index (χ4n) is 1.30. The van der Waals surface area contributed by atoms with Crippen molar-refractivity contribution in [2.45, 2.75) is 6.42 Å². The highest BCUT2D eigenvalue weighted by Gasteiger charge is 2.15. The molecule has 5 nitrogen and oxygen atoms in total. The van der Waals surface area contributed by atoms with Crippen LogP contribution in [0.5, 0.6) is 0 Å². The maximum atomic E-state index is 11.7. The van der Waals surface area contributed by atoms with Crippen molar-refractivity contribution in [3.8, 4) is 0 Å². The van der Waals surface area contributed by atoms with Crippen LogP contribution in [-0.4, -0.2) is 26.5 Å². The molecule has 0 radical (unpaired) electrons. The summed E-state index contributed by atoms with van der Waals surface area (Å²) in [6.07, 6.45) is 5.69. The SMILES string of the molecule is O=C(CC(=O)c1ncccn1)c1cccnc1. The van der Waals surface area contributed by atoms with E-state index in [1.165, 1.54) is 18.6 Å². The van der Waals surface area contributed by atoms with Gasteiger partial charge in [0.05, 0.1) is 6.42 Å². The number of carbonyl (C=O) groups excluding carboxylic acids is 2. The van der Waals surface area contributed by atoms with Crippen LogP contribution in [0.2, 0.25) is 0 Å².